The number of benzene rings is 1. The van der Waals surface area contributed by atoms with E-state index in [0.717, 1.165) is 50.8 Å². The van der Waals surface area contributed by atoms with E-state index in [-0.39, 0.29) is 11.8 Å². The summed E-state index contributed by atoms with van der Waals surface area (Å²) >= 11 is 0. The Labute approximate surface area is 157 Å². The van der Waals surface area contributed by atoms with E-state index in [1.54, 1.807) is 0 Å². The molecule has 2 amide bonds. The molecule has 1 aromatic carbocycles. The molecule has 0 aromatic heterocycles. The molecule has 1 atom stereocenters. The van der Waals surface area contributed by atoms with Crippen molar-refractivity contribution < 1.29 is 9.59 Å². The summed E-state index contributed by atoms with van der Waals surface area (Å²) in [6.07, 6.45) is 4.94. The minimum atomic E-state index is -0.567. The average Bonchev–Trinajstić information content (AvgIpc) is 3.04. The molecule has 4 heteroatoms. The van der Waals surface area contributed by atoms with Crippen molar-refractivity contribution in [2.24, 2.45) is 0 Å². The summed E-state index contributed by atoms with van der Waals surface area (Å²) in [4.78, 5) is 30.1. The van der Waals surface area contributed by atoms with Gasteiger partial charge in [-0.1, -0.05) is 45.0 Å². The molecule has 2 aliphatic heterocycles. The molecule has 2 fully saturated rings. The Bertz CT molecular complexity index is 651. The highest BCUT2D eigenvalue weighted by molar-refractivity contribution is 5.93. The van der Waals surface area contributed by atoms with Crippen molar-refractivity contribution in [3.8, 4) is 0 Å². The van der Waals surface area contributed by atoms with Gasteiger partial charge in [-0.05, 0) is 49.1 Å². The molecule has 1 aromatic rings. The molecule has 4 nitrogen and oxygen atoms in total. The van der Waals surface area contributed by atoms with E-state index >= 15 is 0 Å². The average molecular weight is 357 g/mol. The summed E-state index contributed by atoms with van der Waals surface area (Å²) < 4.78 is 0. The molecule has 0 aliphatic carbocycles. The lowest BCUT2D eigenvalue weighted by Crippen LogP contribution is -2.61. The number of nitrogens with zero attached hydrogens (tertiary/aromatic N) is 2. The third-order valence-corrected chi connectivity index (χ3v) is 5.99. The normalized spacial score (nSPS) is 23.3. The van der Waals surface area contributed by atoms with Crippen LogP contribution in [0.5, 0.6) is 0 Å². The first kappa shape index (κ1) is 18.9. The Morgan fingerprint density at radius 2 is 1.77 bits per heavy atom. The Kier molecular flexibility index (Phi) is 5.69. The maximum absolute atomic E-state index is 13.2. The molecular weight excluding hydrogens is 324 g/mol. The van der Waals surface area contributed by atoms with Crippen molar-refractivity contribution in [1.82, 2.24) is 9.80 Å². The second-order valence-corrected chi connectivity index (χ2v) is 8.15. The number of piperidine rings is 1. The zero-order valence-electron chi connectivity index (χ0n) is 16.5. The monoisotopic (exact) mass is 356 g/mol. The van der Waals surface area contributed by atoms with Gasteiger partial charge in [-0.2, -0.15) is 0 Å². The molecule has 0 bridgehead atoms. The van der Waals surface area contributed by atoms with Gasteiger partial charge in [-0.15, -0.1) is 0 Å². The highest BCUT2D eigenvalue weighted by atomic mass is 16.2. The van der Waals surface area contributed by atoms with E-state index in [0.29, 0.717) is 18.9 Å². The van der Waals surface area contributed by atoms with Crippen molar-refractivity contribution in [2.75, 3.05) is 19.6 Å². The summed E-state index contributed by atoms with van der Waals surface area (Å²) in [5, 5.41) is 0. The predicted octanol–water partition coefficient (Wildman–Crippen LogP) is 3.75. The van der Waals surface area contributed by atoms with Crippen molar-refractivity contribution in [3.05, 3.63) is 35.4 Å². The molecule has 142 valence electrons. The highest BCUT2D eigenvalue weighted by Crippen LogP contribution is 2.38. The Morgan fingerprint density at radius 3 is 2.38 bits per heavy atom. The van der Waals surface area contributed by atoms with Gasteiger partial charge in [-0.3, -0.25) is 9.59 Å². The molecule has 3 rings (SSSR count). The topological polar surface area (TPSA) is 40.6 Å². The van der Waals surface area contributed by atoms with Crippen molar-refractivity contribution in [1.29, 1.82) is 0 Å². The Balaban J connectivity index is 1.74. The minimum Gasteiger partial charge on any atom is -0.341 e. The minimum absolute atomic E-state index is 0.103. The summed E-state index contributed by atoms with van der Waals surface area (Å²) in [6, 6.07) is 8.34. The van der Waals surface area contributed by atoms with Crippen LogP contribution in [0.25, 0.3) is 0 Å². The number of likely N-dealkylation sites (tertiary alicyclic amines) is 2. The van der Waals surface area contributed by atoms with Gasteiger partial charge in [0.05, 0.1) is 6.42 Å². The van der Waals surface area contributed by atoms with Gasteiger partial charge in [0.15, 0.2) is 0 Å². The van der Waals surface area contributed by atoms with Crippen LogP contribution in [0.2, 0.25) is 0 Å². The molecule has 0 saturated carbocycles. The fraction of sp³-hybridized carbons (Fsp3) is 0.636. The number of carbonyl (C=O) groups excluding carboxylic acids is 2. The van der Waals surface area contributed by atoms with Crippen molar-refractivity contribution in [3.63, 3.8) is 0 Å². The third kappa shape index (κ3) is 3.51. The van der Waals surface area contributed by atoms with E-state index in [9.17, 15) is 9.59 Å². The van der Waals surface area contributed by atoms with E-state index < -0.39 is 5.54 Å². The van der Waals surface area contributed by atoms with Gasteiger partial charge in [-0.25, -0.2) is 0 Å². The van der Waals surface area contributed by atoms with Gasteiger partial charge in [0.2, 0.25) is 11.8 Å². The lowest BCUT2D eigenvalue weighted by molar-refractivity contribution is -0.155. The maximum atomic E-state index is 13.2. The number of rotatable bonds is 5. The van der Waals surface area contributed by atoms with Gasteiger partial charge >= 0.3 is 0 Å². The van der Waals surface area contributed by atoms with Crippen LogP contribution in [0.4, 0.5) is 0 Å². The quantitative estimate of drug-likeness (QED) is 0.806. The SMILES string of the molecule is CCCN1CCCC2(CCCN2C(=O)Cc2ccc(C(C)C)cc2)C1=O. The van der Waals surface area contributed by atoms with Gasteiger partial charge < -0.3 is 9.80 Å². The molecular formula is C22H32N2O2. The third-order valence-electron chi connectivity index (χ3n) is 5.99. The van der Waals surface area contributed by atoms with E-state index in [1.165, 1.54) is 5.56 Å². The first-order valence-electron chi connectivity index (χ1n) is 10.2. The fourth-order valence-electron chi connectivity index (χ4n) is 4.56. The largest absolute Gasteiger partial charge is 0.341 e. The Morgan fingerprint density at radius 1 is 1.12 bits per heavy atom. The molecule has 2 heterocycles. The van der Waals surface area contributed by atoms with Crippen LogP contribution in [-0.2, 0) is 16.0 Å². The second kappa shape index (κ2) is 7.81. The standard InChI is InChI=1S/C22H32N2O2/c1-4-13-23-14-5-11-22(21(23)26)12-6-15-24(22)20(25)16-18-7-9-19(10-8-18)17(2)3/h7-10,17H,4-6,11-16H2,1-3H3. The molecule has 1 unspecified atom stereocenters. The smallest absolute Gasteiger partial charge is 0.248 e. The molecule has 0 radical (unpaired) electrons. The van der Waals surface area contributed by atoms with Crippen LogP contribution in [0, 0.1) is 0 Å². The fourth-order valence-corrected chi connectivity index (χ4v) is 4.56. The molecule has 2 saturated heterocycles. The van der Waals surface area contributed by atoms with E-state index in [1.807, 2.05) is 9.80 Å². The van der Waals surface area contributed by atoms with Crippen LogP contribution in [0.3, 0.4) is 0 Å². The van der Waals surface area contributed by atoms with Gasteiger partial charge in [0.25, 0.3) is 0 Å². The summed E-state index contributed by atoms with van der Waals surface area (Å²) in [5.74, 6) is 0.782. The maximum Gasteiger partial charge on any atom is 0.248 e. The zero-order valence-corrected chi connectivity index (χ0v) is 16.5. The van der Waals surface area contributed by atoms with E-state index in [4.69, 9.17) is 0 Å². The number of carbonyl (C=O) groups is 2. The Hall–Kier alpha value is -1.84. The predicted molar refractivity (Wildman–Crippen MR) is 104 cm³/mol. The molecule has 1 spiro atoms. The van der Waals surface area contributed by atoms with Gasteiger partial charge in [0, 0.05) is 19.6 Å². The molecule has 0 N–H and O–H groups in total. The number of hydrogen-bond donors (Lipinski definition) is 0. The summed E-state index contributed by atoms with van der Waals surface area (Å²) in [5.41, 5.74) is 1.76. The van der Waals surface area contributed by atoms with Crippen LogP contribution in [-0.4, -0.2) is 46.8 Å². The lowest BCUT2D eigenvalue weighted by atomic mass is 9.85. The summed E-state index contributed by atoms with van der Waals surface area (Å²) in [7, 11) is 0. The lowest BCUT2D eigenvalue weighted by Gasteiger charge is -2.44. The first-order chi connectivity index (χ1) is 12.5. The van der Waals surface area contributed by atoms with Crippen molar-refractivity contribution in [2.45, 2.75) is 70.8 Å². The van der Waals surface area contributed by atoms with Crippen LogP contribution in [0.1, 0.15) is 69.9 Å². The van der Waals surface area contributed by atoms with E-state index in [2.05, 4.69) is 45.0 Å². The number of hydrogen-bond acceptors (Lipinski definition) is 2. The highest BCUT2D eigenvalue weighted by Gasteiger charge is 2.52. The van der Waals surface area contributed by atoms with Crippen LogP contribution in [0.15, 0.2) is 24.3 Å². The number of amides is 2. The van der Waals surface area contributed by atoms with Crippen LogP contribution < -0.4 is 0 Å². The molecule has 2 aliphatic rings. The van der Waals surface area contributed by atoms with Crippen molar-refractivity contribution >= 4 is 11.8 Å². The summed E-state index contributed by atoms with van der Waals surface area (Å²) in [6.45, 7) is 8.81. The second-order valence-electron chi connectivity index (χ2n) is 8.15. The first-order valence-corrected chi connectivity index (χ1v) is 10.2. The zero-order chi connectivity index (χ0) is 18.7. The molecule has 26 heavy (non-hydrogen) atoms. The van der Waals surface area contributed by atoms with Crippen LogP contribution >= 0.6 is 0 Å². The van der Waals surface area contributed by atoms with Gasteiger partial charge in [0.1, 0.15) is 5.54 Å².